The van der Waals surface area contributed by atoms with Crippen LogP contribution in [0.5, 0.6) is 0 Å². The molecule has 0 saturated heterocycles. The summed E-state index contributed by atoms with van der Waals surface area (Å²) in [6.45, 7) is 2.45. The number of rotatable bonds is 11. The second-order valence-corrected chi connectivity index (χ2v) is 3.84. The molecular formula is C11H28N2O6. The molecule has 8 nitrogen and oxygen atoms in total. The van der Waals surface area contributed by atoms with Crippen molar-refractivity contribution in [2.45, 2.75) is 5.54 Å². The highest BCUT2D eigenvalue weighted by molar-refractivity contribution is 4.80. The van der Waals surface area contributed by atoms with Crippen molar-refractivity contribution < 1.29 is 29.5 Å². The van der Waals surface area contributed by atoms with Crippen molar-refractivity contribution in [1.82, 2.24) is 0 Å². The van der Waals surface area contributed by atoms with Gasteiger partial charge in [0.25, 0.3) is 0 Å². The Labute approximate surface area is 114 Å². The van der Waals surface area contributed by atoms with Crippen LogP contribution in [0.1, 0.15) is 0 Å². The fourth-order valence-electron chi connectivity index (χ4n) is 0.698. The van der Waals surface area contributed by atoms with Gasteiger partial charge in [0.2, 0.25) is 0 Å². The van der Waals surface area contributed by atoms with E-state index < -0.39 is 25.4 Å². The zero-order valence-electron chi connectivity index (χ0n) is 11.6. The SMILES string of the molecule is COCCOCCOCCN.NC(CO)(CO)CO. The summed E-state index contributed by atoms with van der Waals surface area (Å²) in [7, 11) is 1.65. The third-order valence-corrected chi connectivity index (χ3v) is 2.01. The Kier molecular flexibility index (Phi) is 17.4. The van der Waals surface area contributed by atoms with Crippen LogP contribution in [-0.4, -0.2) is 87.4 Å². The molecule has 0 amide bonds. The van der Waals surface area contributed by atoms with Gasteiger partial charge in [0.1, 0.15) is 0 Å². The third kappa shape index (κ3) is 15.6. The van der Waals surface area contributed by atoms with E-state index >= 15 is 0 Å². The fourth-order valence-corrected chi connectivity index (χ4v) is 0.698. The molecule has 0 aliphatic carbocycles. The fraction of sp³-hybridized carbons (Fsp3) is 1.00. The van der Waals surface area contributed by atoms with Gasteiger partial charge in [-0.15, -0.1) is 0 Å². The summed E-state index contributed by atoms with van der Waals surface area (Å²) in [5, 5.41) is 25.0. The molecule has 7 N–H and O–H groups in total. The number of aliphatic hydroxyl groups excluding tert-OH is 3. The van der Waals surface area contributed by atoms with Crippen LogP contribution >= 0.6 is 0 Å². The molecule has 19 heavy (non-hydrogen) atoms. The first-order valence-electron chi connectivity index (χ1n) is 6.06. The van der Waals surface area contributed by atoms with E-state index in [0.29, 0.717) is 39.6 Å². The molecule has 0 aliphatic heterocycles. The first-order valence-corrected chi connectivity index (χ1v) is 6.06. The maximum absolute atomic E-state index is 8.34. The lowest BCUT2D eigenvalue weighted by Crippen LogP contribution is -2.50. The van der Waals surface area contributed by atoms with Gasteiger partial charge in [-0.3, -0.25) is 0 Å². The van der Waals surface area contributed by atoms with E-state index in [1.165, 1.54) is 0 Å². The topological polar surface area (TPSA) is 140 Å². The Hall–Kier alpha value is -0.320. The van der Waals surface area contributed by atoms with Crippen LogP contribution in [0, 0.1) is 0 Å². The maximum Gasteiger partial charge on any atom is 0.0856 e. The highest BCUT2D eigenvalue weighted by Gasteiger charge is 2.20. The molecule has 118 valence electrons. The average Bonchev–Trinajstić information content (AvgIpc) is 2.46. The minimum Gasteiger partial charge on any atom is -0.394 e. The summed E-state index contributed by atoms with van der Waals surface area (Å²) in [4.78, 5) is 0. The van der Waals surface area contributed by atoms with Crippen molar-refractivity contribution in [1.29, 1.82) is 0 Å². The number of hydrogen-bond donors (Lipinski definition) is 5. The first kappa shape index (κ1) is 21.0. The van der Waals surface area contributed by atoms with Gasteiger partial charge in [-0.05, 0) is 0 Å². The van der Waals surface area contributed by atoms with Gasteiger partial charge in [-0.25, -0.2) is 0 Å². The van der Waals surface area contributed by atoms with Crippen LogP contribution in [0.2, 0.25) is 0 Å². The number of hydrogen-bond acceptors (Lipinski definition) is 8. The number of nitrogens with two attached hydrogens (primary N) is 2. The molecule has 0 aliphatic rings. The molecule has 0 unspecified atom stereocenters. The van der Waals surface area contributed by atoms with Crippen molar-refractivity contribution in [3.63, 3.8) is 0 Å². The van der Waals surface area contributed by atoms with Crippen LogP contribution in [0.4, 0.5) is 0 Å². The molecule has 0 saturated carbocycles. The summed E-state index contributed by atoms with van der Waals surface area (Å²) < 4.78 is 15.0. The second-order valence-electron chi connectivity index (χ2n) is 3.84. The summed E-state index contributed by atoms with van der Waals surface area (Å²) in [6, 6.07) is 0. The lowest BCUT2D eigenvalue weighted by Gasteiger charge is -2.20. The van der Waals surface area contributed by atoms with Gasteiger partial charge in [-0.1, -0.05) is 0 Å². The van der Waals surface area contributed by atoms with Crippen molar-refractivity contribution >= 4 is 0 Å². The zero-order valence-corrected chi connectivity index (χ0v) is 11.6. The van der Waals surface area contributed by atoms with Crippen molar-refractivity contribution in [2.24, 2.45) is 11.5 Å². The molecular weight excluding hydrogens is 256 g/mol. The highest BCUT2D eigenvalue weighted by atomic mass is 16.5. The number of methoxy groups -OCH3 is 1. The normalized spacial score (nSPS) is 11.1. The molecule has 0 aromatic heterocycles. The van der Waals surface area contributed by atoms with E-state index in [2.05, 4.69) is 0 Å². The summed E-state index contributed by atoms with van der Waals surface area (Å²) in [5.41, 5.74) is 9.14. The van der Waals surface area contributed by atoms with E-state index in [9.17, 15) is 0 Å². The Morgan fingerprint density at radius 1 is 0.842 bits per heavy atom. The Morgan fingerprint density at radius 2 is 1.26 bits per heavy atom. The van der Waals surface area contributed by atoms with Gasteiger partial charge in [0.05, 0.1) is 58.4 Å². The minimum atomic E-state index is -1.21. The highest BCUT2D eigenvalue weighted by Crippen LogP contribution is 1.93. The van der Waals surface area contributed by atoms with E-state index in [0.717, 1.165) is 0 Å². The standard InChI is InChI=1S/C7H17NO3.C4H11NO3/c1-9-4-5-11-7-6-10-3-2-8;5-4(1-6,2-7)3-8/h2-8H2,1H3;6-8H,1-3,5H2. The largest absolute Gasteiger partial charge is 0.394 e. The average molecular weight is 284 g/mol. The summed E-state index contributed by atoms with van der Waals surface area (Å²) in [5.74, 6) is 0. The quantitative estimate of drug-likeness (QED) is 0.258. The van der Waals surface area contributed by atoms with E-state index in [1.807, 2.05) is 0 Å². The minimum absolute atomic E-state index is 0.403. The molecule has 0 radical (unpaired) electrons. The number of aliphatic hydroxyl groups is 3. The van der Waals surface area contributed by atoms with Gasteiger partial charge in [0.15, 0.2) is 0 Å². The Morgan fingerprint density at radius 3 is 1.58 bits per heavy atom. The molecule has 0 aromatic carbocycles. The zero-order chi connectivity index (χ0) is 15.0. The molecule has 0 atom stereocenters. The summed E-state index contributed by atoms with van der Waals surface area (Å²) in [6.07, 6.45) is 0. The molecule has 0 heterocycles. The van der Waals surface area contributed by atoms with E-state index in [1.54, 1.807) is 7.11 Å². The third-order valence-electron chi connectivity index (χ3n) is 2.01. The lowest BCUT2D eigenvalue weighted by atomic mass is 10.1. The molecule has 0 rings (SSSR count). The van der Waals surface area contributed by atoms with Crippen molar-refractivity contribution in [3.8, 4) is 0 Å². The van der Waals surface area contributed by atoms with Gasteiger partial charge in [-0.2, -0.15) is 0 Å². The van der Waals surface area contributed by atoms with E-state index in [4.69, 9.17) is 41.0 Å². The maximum atomic E-state index is 8.34. The monoisotopic (exact) mass is 284 g/mol. The molecule has 0 spiro atoms. The lowest BCUT2D eigenvalue weighted by molar-refractivity contribution is 0.0267. The van der Waals surface area contributed by atoms with E-state index in [-0.39, 0.29) is 0 Å². The first-order chi connectivity index (χ1) is 9.10. The van der Waals surface area contributed by atoms with Gasteiger partial charge < -0.3 is 41.0 Å². The number of ether oxygens (including phenoxy) is 3. The predicted molar refractivity (Wildman–Crippen MR) is 70.7 cm³/mol. The van der Waals surface area contributed by atoms with Crippen molar-refractivity contribution in [3.05, 3.63) is 0 Å². The van der Waals surface area contributed by atoms with Gasteiger partial charge >= 0.3 is 0 Å². The van der Waals surface area contributed by atoms with Crippen molar-refractivity contribution in [2.75, 3.05) is 66.5 Å². The predicted octanol–water partition coefficient (Wildman–Crippen LogP) is -2.71. The van der Waals surface area contributed by atoms with Crippen LogP contribution in [0.15, 0.2) is 0 Å². The second kappa shape index (κ2) is 15.7. The van der Waals surface area contributed by atoms with Crippen LogP contribution < -0.4 is 11.5 Å². The molecule has 0 fully saturated rings. The molecule has 8 heteroatoms. The molecule has 0 bridgehead atoms. The molecule has 0 aromatic rings. The van der Waals surface area contributed by atoms with Crippen LogP contribution in [0.25, 0.3) is 0 Å². The Balaban J connectivity index is 0. The summed E-state index contributed by atoms with van der Waals surface area (Å²) >= 11 is 0. The van der Waals surface area contributed by atoms with Gasteiger partial charge in [0, 0.05) is 13.7 Å². The van der Waals surface area contributed by atoms with Crippen LogP contribution in [0.3, 0.4) is 0 Å². The Bertz CT molecular complexity index is 153. The van der Waals surface area contributed by atoms with Crippen LogP contribution in [-0.2, 0) is 14.2 Å². The smallest absolute Gasteiger partial charge is 0.0856 e.